The number of carbonyl (C=O) groups excluding carboxylic acids is 1. The monoisotopic (exact) mass is 278 g/mol. The van der Waals surface area contributed by atoms with Crippen LogP contribution in [0.15, 0.2) is 23.9 Å². The minimum Gasteiger partial charge on any atom is -0.351 e. The van der Waals surface area contributed by atoms with Crippen LogP contribution in [0.3, 0.4) is 0 Å². The average Bonchev–Trinajstić information content (AvgIpc) is 2.96. The standard InChI is InChI=1S/C11H14N6OS/c1-2-9-13-5-8(6-14-9)10(18)12-3-4-19-11-15-7-16-17-11/h5-7H,2-4H2,1H3,(H,12,18)(H,15,16,17). The molecule has 2 aromatic heterocycles. The highest BCUT2D eigenvalue weighted by Crippen LogP contribution is 2.08. The quantitative estimate of drug-likeness (QED) is 0.596. The van der Waals surface area contributed by atoms with Gasteiger partial charge in [-0.05, 0) is 0 Å². The Balaban J connectivity index is 1.74. The van der Waals surface area contributed by atoms with Crippen molar-refractivity contribution in [2.75, 3.05) is 12.3 Å². The van der Waals surface area contributed by atoms with Crippen molar-refractivity contribution in [1.29, 1.82) is 0 Å². The summed E-state index contributed by atoms with van der Waals surface area (Å²) in [7, 11) is 0. The van der Waals surface area contributed by atoms with E-state index in [0.717, 1.165) is 23.2 Å². The van der Waals surface area contributed by atoms with E-state index in [0.29, 0.717) is 12.1 Å². The lowest BCUT2D eigenvalue weighted by molar-refractivity contribution is 0.0955. The molecule has 7 nitrogen and oxygen atoms in total. The van der Waals surface area contributed by atoms with Crippen LogP contribution in [0.1, 0.15) is 23.1 Å². The summed E-state index contributed by atoms with van der Waals surface area (Å²) in [6, 6.07) is 0. The molecule has 2 N–H and O–H groups in total. The third-order valence-corrected chi connectivity index (χ3v) is 3.18. The van der Waals surface area contributed by atoms with Crippen LogP contribution < -0.4 is 5.32 Å². The zero-order valence-corrected chi connectivity index (χ0v) is 11.3. The van der Waals surface area contributed by atoms with Crippen molar-refractivity contribution in [1.82, 2.24) is 30.5 Å². The van der Waals surface area contributed by atoms with Gasteiger partial charge in [0.05, 0.1) is 5.56 Å². The minimum atomic E-state index is -0.166. The van der Waals surface area contributed by atoms with Gasteiger partial charge >= 0.3 is 0 Å². The Bertz CT molecular complexity index is 512. The van der Waals surface area contributed by atoms with Gasteiger partial charge in [-0.15, -0.1) is 0 Å². The predicted molar refractivity (Wildman–Crippen MR) is 70.8 cm³/mol. The van der Waals surface area contributed by atoms with Gasteiger partial charge in [-0.2, -0.15) is 5.10 Å². The number of thioether (sulfide) groups is 1. The van der Waals surface area contributed by atoms with Crippen LogP contribution in [0.25, 0.3) is 0 Å². The lowest BCUT2D eigenvalue weighted by Gasteiger charge is -2.04. The summed E-state index contributed by atoms with van der Waals surface area (Å²) in [4.78, 5) is 23.9. The second-order valence-corrected chi connectivity index (χ2v) is 4.72. The number of rotatable bonds is 6. The molecule has 0 saturated heterocycles. The number of aromatic nitrogens is 5. The van der Waals surface area contributed by atoms with Crippen LogP contribution in [0.2, 0.25) is 0 Å². The predicted octanol–water partition coefficient (Wildman–Crippen LogP) is 0.679. The lowest BCUT2D eigenvalue weighted by Crippen LogP contribution is -2.26. The van der Waals surface area contributed by atoms with E-state index in [1.54, 1.807) is 12.4 Å². The fourth-order valence-electron chi connectivity index (χ4n) is 1.33. The molecular formula is C11H14N6OS. The lowest BCUT2D eigenvalue weighted by atomic mass is 10.3. The summed E-state index contributed by atoms with van der Waals surface area (Å²) in [5.74, 6) is 1.28. The first-order valence-corrected chi connectivity index (χ1v) is 6.85. The highest BCUT2D eigenvalue weighted by Gasteiger charge is 2.06. The van der Waals surface area contributed by atoms with E-state index in [4.69, 9.17) is 0 Å². The Labute approximate surface area is 114 Å². The zero-order chi connectivity index (χ0) is 13.5. The third kappa shape index (κ3) is 4.02. The first-order valence-electron chi connectivity index (χ1n) is 5.87. The molecule has 0 aliphatic carbocycles. The SMILES string of the molecule is CCc1ncc(C(=O)NCCSc2ncn[nH]2)cn1. The summed E-state index contributed by atoms with van der Waals surface area (Å²) < 4.78 is 0. The smallest absolute Gasteiger partial charge is 0.254 e. The molecule has 0 aromatic carbocycles. The van der Waals surface area contributed by atoms with Gasteiger partial charge in [0.1, 0.15) is 12.2 Å². The summed E-state index contributed by atoms with van der Waals surface area (Å²) in [6.45, 7) is 2.51. The Morgan fingerprint density at radius 2 is 2.16 bits per heavy atom. The molecular weight excluding hydrogens is 264 g/mol. The van der Waals surface area contributed by atoms with Crippen LogP contribution in [-0.4, -0.2) is 43.4 Å². The van der Waals surface area contributed by atoms with Crippen LogP contribution in [0, 0.1) is 0 Å². The van der Waals surface area contributed by atoms with E-state index in [2.05, 4.69) is 30.5 Å². The largest absolute Gasteiger partial charge is 0.351 e. The second-order valence-electron chi connectivity index (χ2n) is 3.64. The summed E-state index contributed by atoms with van der Waals surface area (Å²) in [5, 5.41) is 10.0. The molecule has 100 valence electrons. The summed E-state index contributed by atoms with van der Waals surface area (Å²) >= 11 is 1.50. The number of hydrogen-bond acceptors (Lipinski definition) is 6. The molecule has 2 heterocycles. The van der Waals surface area contributed by atoms with Gasteiger partial charge in [0.2, 0.25) is 0 Å². The molecule has 0 aliphatic heterocycles. The maximum Gasteiger partial charge on any atom is 0.254 e. The molecule has 0 atom stereocenters. The van der Waals surface area contributed by atoms with Crippen molar-refractivity contribution < 1.29 is 4.79 Å². The average molecular weight is 278 g/mol. The maximum atomic E-state index is 11.8. The topological polar surface area (TPSA) is 96.5 Å². The maximum absolute atomic E-state index is 11.8. The van der Waals surface area contributed by atoms with Crippen molar-refractivity contribution in [3.05, 3.63) is 30.1 Å². The number of hydrogen-bond donors (Lipinski definition) is 2. The van der Waals surface area contributed by atoms with E-state index < -0.39 is 0 Å². The molecule has 19 heavy (non-hydrogen) atoms. The molecule has 0 radical (unpaired) electrons. The molecule has 0 saturated carbocycles. The van der Waals surface area contributed by atoms with Gasteiger partial charge in [0.15, 0.2) is 5.16 Å². The number of aromatic amines is 1. The number of nitrogens with zero attached hydrogens (tertiary/aromatic N) is 4. The van der Waals surface area contributed by atoms with Crippen molar-refractivity contribution in [3.63, 3.8) is 0 Å². The summed E-state index contributed by atoms with van der Waals surface area (Å²) in [5.41, 5.74) is 0.474. The second kappa shape index (κ2) is 6.83. The van der Waals surface area contributed by atoms with E-state index in [1.165, 1.54) is 18.1 Å². The number of aryl methyl sites for hydroxylation is 1. The van der Waals surface area contributed by atoms with Crippen LogP contribution >= 0.6 is 11.8 Å². The number of nitrogens with one attached hydrogen (secondary N) is 2. The molecule has 0 unspecified atom stereocenters. The van der Waals surface area contributed by atoms with Crippen LogP contribution in [0.5, 0.6) is 0 Å². The number of carbonyl (C=O) groups is 1. The fraction of sp³-hybridized carbons (Fsp3) is 0.364. The highest BCUT2D eigenvalue weighted by molar-refractivity contribution is 7.99. The van der Waals surface area contributed by atoms with Crippen molar-refractivity contribution in [3.8, 4) is 0 Å². The third-order valence-electron chi connectivity index (χ3n) is 2.30. The fourth-order valence-corrected chi connectivity index (χ4v) is 1.97. The molecule has 2 aromatic rings. The molecule has 0 fully saturated rings. The Kier molecular flexibility index (Phi) is 4.85. The normalized spacial score (nSPS) is 10.4. The minimum absolute atomic E-state index is 0.166. The van der Waals surface area contributed by atoms with Gasteiger partial charge in [-0.25, -0.2) is 15.0 Å². The van der Waals surface area contributed by atoms with Gasteiger partial charge in [0, 0.05) is 31.1 Å². The first kappa shape index (κ1) is 13.5. The van der Waals surface area contributed by atoms with E-state index in [9.17, 15) is 4.79 Å². The molecule has 0 spiro atoms. The Morgan fingerprint density at radius 3 is 2.79 bits per heavy atom. The van der Waals surface area contributed by atoms with Gasteiger partial charge in [-0.3, -0.25) is 9.89 Å². The number of amides is 1. The molecule has 1 amide bonds. The van der Waals surface area contributed by atoms with Crippen molar-refractivity contribution in [2.24, 2.45) is 0 Å². The Morgan fingerprint density at radius 1 is 1.37 bits per heavy atom. The van der Waals surface area contributed by atoms with Crippen LogP contribution in [-0.2, 0) is 6.42 Å². The van der Waals surface area contributed by atoms with Gasteiger partial charge < -0.3 is 5.32 Å². The van der Waals surface area contributed by atoms with E-state index >= 15 is 0 Å². The number of H-pyrrole nitrogens is 1. The van der Waals surface area contributed by atoms with Crippen molar-refractivity contribution in [2.45, 2.75) is 18.5 Å². The zero-order valence-electron chi connectivity index (χ0n) is 10.5. The molecule has 0 aliphatic rings. The Hall–Kier alpha value is -1.96. The first-order chi connectivity index (χ1) is 9.29. The molecule has 2 rings (SSSR count). The molecule has 8 heteroatoms. The van der Waals surface area contributed by atoms with Gasteiger partial charge in [-0.1, -0.05) is 18.7 Å². The highest BCUT2D eigenvalue weighted by atomic mass is 32.2. The summed E-state index contributed by atoms with van der Waals surface area (Å²) in [6.07, 6.45) is 5.30. The van der Waals surface area contributed by atoms with E-state index in [-0.39, 0.29) is 5.91 Å². The van der Waals surface area contributed by atoms with Crippen LogP contribution in [0.4, 0.5) is 0 Å². The van der Waals surface area contributed by atoms with E-state index in [1.807, 2.05) is 6.92 Å². The molecule has 0 bridgehead atoms. The van der Waals surface area contributed by atoms with Crippen molar-refractivity contribution >= 4 is 17.7 Å². The van der Waals surface area contributed by atoms with Gasteiger partial charge in [0.25, 0.3) is 5.91 Å².